The highest BCUT2D eigenvalue weighted by atomic mass is 79.9. The number of ether oxygens (including phenoxy) is 1. The first kappa shape index (κ1) is 19.8. The van der Waals surface area contributed by atoms with Gasteiger partial charge in [0.25, 0.3) is 5.91 Å². The third kappa shape index (κ3) is 4.40. The minimum Gasteiger partial charge on any atom is -0.490 e. The van der Waals surface area contributed by atoms with Gasteiger partial charge in [0.2, 0.25) is 0 Å². The number of halogens is 3. The summed E-state index contributed by atoms with van der Waals surface area (Å²) in [5.74, 6) is -1.58. The molecule has 1 saturated carbocycles. The van der Waals surface area contributed by atoms with Gasteiger partial charge in [0, 0.05) is 27.7 Å². The van der Waals surface area contributed by atoms with Gasteiger partial charge in [-0.3, -0.25) is 9.78 Å². The van der Waals surface area contributed by atoms with Crippen LogP contribution in [0.2, 0.25) is 0 Å². The third-order valence-corrected chi connectivity index (χ3v) is 5.81. The fourth-order valence-corrected chi connectivity index (χ4v) is 4.10. The molecule has 29 heavy (non-hydrogen) atoms. The van der Waals surface area contributed by atoms with E-state index in [4.69, 9.17) is 4.74 Å². The smallest absolute Gasteiger partial charge is 0.251 e. The Hall–Kier alpha value is -2.54. The van der Waals surface area contributed by atoms with Gasteiger partial charge in [0.15, 0.2) is 11.6 Å². The van der Waals surface area contributed by atoms with E-state index in [9.17, 15) is 13.6 Å². The zero-order valence-corrected chi connectivity index (χ0v) is 17.1. The van der Waals surface area contributed by atoms with E-state index in [0.717, 1.165) is 58.9 Å². The van der Waals surface area contributed by atoms with Crippen LogP contribution in [0.5, 0.6) is 5.75 Å². The molecule has 0 bridgehead atoms. The molecule has 4 nitrogen and oxygen atoms in total. The molecule has 4 rings (SSSR count). The van der Waals surface area contributed by atoms with Gasteiger partial charge in [-0.2, -0.15) is 0 Å². The first-order valence-corrected chi connectivity index (χ1v) is 10.3. The summed E-state index contributed by atoms with van der Waals surface area (Å²) in [5.41, 5.74) is 0.980. The number of aromatic nitrogens is 1. The maximum absolute atomic E-state index is 13.3. The average molecular weight is 461 g/mol. The fraction of sp³-hybridized carbons (Fsp3) is 0.273. The lowest BCUT2D eigenvalue weighted by Crippen LogP contribution is -2.39. The van der Waals surface area contributed by atoms with Gasteiger partial charge in [0.05, 0.1) is 11.6 Å². The van der Waals surface area contributed by atoms with Gasteiger partial charge in [-0.1, -0.05) is 6.07 Å². The fourth-order valence-electron chi connectivity index (χ4n) is 3.63. The van der Waals surface area contributed by atoms with Crippen LogP contribution in [0.25, 0.3) is 10.9 Å². The Labute approximate surface area is 175 Å². The standard InChI is InChI=1S/C22H19BrF2N2O2/c23-17-3-1-2-16-20(10-11-26-21(16)17)29-15-7-5-14(6-8-15)27-22(28)13-4-9-18(24)19(25)12-13/h1-4,9-12,14-15H,5-8H2,(H,27,28)/t14-,15-. The summed E-state index contributed by atoms with van der Waals surface area (Å²) in [7, 11) is 0. The molecule has 1 aliphatic carbocycles. The second kappa shape index (κ2) is 8.45. The number of para-hydroxylation sites is 1. The molecule has 1 amide bonds. The van der Waals surface area contributed by atoms with Crippen LogP contribution >= 0.6 is 15.9 Å². The number of pyridine rings is 1. The van der Waals surface area contributed by atoms with Gasteiger partial charge in [-0.05, 0) is 78.0 Å². The molecule has 150 valence electrons. The first-order chi connectivity index (χ1) is 14.0. The topological polar surface area (TPSA) is 51.2 Å². The van der Waals surface area contributed by atoms with Crippen molar-refractivity contribution in [1.82, 2.24) is 10.3 Å². The van der Waals surface area contributed by atoms with Crippen molar-refractivity contribution < 1.29 is 18.3 Å². The third-order valence-electron chi connectivity index (χ3n) is 5.17. The van der Waals surface area contributed by atoms with Crippen LogP contribution < -0.4 is 10.1 Å². The van der Waals surface area contributed by atoms with Crippen molar-refractivity contribution in [1.29, 1.82) is 0 Å². The van der Waals surface area contributed by atoms with E-state index in [1.54, 1.807) is 6.20 Å². The predicted molar refractivity (Wildman–Crippen MR) is 110 cm³/mol. The van der Waals surface area contributed by atoms with E-state index in [1.807, 2.05) is 24.3 Å². The minimum absolute atomic E-state index is 0.0150. The molecular formula is C22H19BrF2N2O2. The highest BCUT2D eigenvalue weighted by Crippen LogP contribution is 2.31. The molecule has 1 heterocycles. The zero-order valence-electron chi connectivity index (χ0n) is 15.5. The van der Waals surface area contributed by atoms with Crippen molar-refractivity contribution in [3.8, 4) is 5.75 Å². The predicted octanol–water partition coefficient (Wildman–Crippen LogP) is 5.40. The Bertz CT molecular complexity index is 1050. The van der Waals surface area contributed by atoms with E-state index in [0.29, 0.717) is 0 Å². The van der Waals surface area contributed by atoms with Crippen molar-refractivity contribution in [2.75, 3.05) is 0 Å². The van der Waals surface area contributed by atoms with Gasteiger partial charge < -0.3 is 10.1 Å². The van der Waals surface area contributed by atoms with E-state index >= 15 is 0 Å². The Kier molecular flexibility index (Phi) is 5.76. The van der Waals surface area contributed by atoms with E-state index in [-0.39, 0.29) is 17.7 Å². The summed E-state index contributed by atoms with van der Waals surface area (Å²) in [6.45, 7) is 0. The molecule has 3 aromatic rings. The molecule has 2 aromatic carbocycles. The number of carbonyl (C=O) groups is 1. The number of hydrogen-bond donors (Lipinski definition) is 1. The van der Waals surface area contributed by atoms with Crippen LogP contribution in [0.4, 0.5) is 8.78 Å². The maximum atomic E-state index is 13.3. The molecule has 0 saturated heterocycles. The van der Waals surface area contributed by atoms with Crippen molar-refractivity contribution in [2.24, 2.45) is 0 Å². The highest BCUT2D eigenvalue weighted by Gasteiger charge is 2.25. The maximum Gasteiger partial charge on any atom is 0.251 e. The summed E-state index contributed by atoms with van der Waals surface area (Å²) in [5, 5.41) is 3.86. The number of nitrogens with one attached hydrogen (secondary N) is 1. The summed E-state index contributed by atoms with van der Waals surface area (Å²) >= 11 is 3.51. The molecule has 1 aromatic heterocycles. The Balaban J connectivity index is 1.36. The molecule has 1 N–H and O–H groups in total. The first-order valence-electron chi connectivity index (χ1n) is 9.47. The van der Waals surface area contributed by atoms with Crippen LogP contribution in [0, 0.1) is 11.6 Å². The second-order valence-electron chi connectivity index (χ2n) is 7.14. The van der Waals surface area contributed by atoms with Crippen LogP contribution in [-0.2, 0) is 0 Å². The molecular weight excluding hydrogens is 442 g/mol. The minimum atomic E-state index is -1.02. The van der Waals surface area contributed by atoms with Gasteiger partial charge in [-0.25, -0.2) is 8.78 Å². The molecule has 0 atom stereocenters. The SMILES string of the molecule is O=C(N[C@H]1CC[C@H](Oc2ccnc3c(Br)cccc23)CC1)c1ccc(F)c(F)c1. The average Bonchev–Trinajstić information content (AvgIpc) is 2.72. The van der Waals surface area contributed by atoms with E-state index in [2.05, 4.69) is 26.2 Å². The van der Waals surface area contributed by atoms with Crippen LogP contribution in [0.15, 0.2) is 53.1 Å². The normalized spacial score (nSPS) is 19.1. The molecule has 0 unspecified atom stereocenters. The van der Waals surface area contributed by atoms with Crippen LogP contribution in [0.1, 0.15) is 36.0 Å². The van der Waals surface area contributed by atoms with Crippen molar-refractivity contribution in [3.05, 3.63) is 70.3 Å². The lowest BCUT2D eigenvalue weighted by molar-refractivity contribution is 0.0894. The van der Waals surface area contributed by atoms with Crippen molar-refractivity contribution >= 4 is 32.7 Å². The largest absolute Gasteiger partial charge is 0.490 e. The molecule has 1 fully saturated rings. The number of nitrogens with zero attached hydrogens (tertiary/aromatic N) is 1. The highest BCUT2D eigenvalue weighted by molar-refractivity contribution is 9.10. The summed E-state index contributed by atoms with van der Waals surface area (Å²) < 4.78 is 33.5. The van der Waals surface area contributed by atoms with Crippen molar-refractivity contribution in [3.63, 3.8) is 0 Å². The quantitative estimate of drug-likeness (QED) is 0.567. The zero-order chi connectivity index (χ0) is 20.4. The molecule has 7 heteroatoms. The molecule has 1 aliphatic rings. The van der Waals surface area contributed by atoms with Crippen LogP contribution in [0.3, 0.4) is 0 Å². The van der Waals surface area contributed by atoms with E-state index < -0.39 is 17.5 Å². The lowest BCUT2D eigenvalue weighted by Gasteiger charge is -2.29. The summed E-state index contributed by atoms with van der Waals surface area (Å²) in [6, 6.07) is 10.9. The van der Waals surface area contributed by atoms with Gasteiger partial charge >= 0.3 is 0 Å². The van der Waals surface area contributed by atoms with Gasteiger partial charge in [-0.15, -0.1) is 0 Å². The molecule has 0 radical (unpaired) electrons. The van der Waals surface area contributed by atoms with Gasteiger partial charge in [0.1, 0.15) is 5.75 Å². The lowest BCUT2D eigenvalue weighted by atomic mass is 9.92. The molecule has 0 aliphatic heterocycles. The monoisotopic (exact) mass is 460 g/mol. The van der Waals surface area contributed by atoms with Crippen LogP contribution in [-0.4, -0.2) is 23.0 Å². The number of amides is 1. The Morgan fingerprint density at radius 1 is 1.07 bits per heavy atom. The Morgan fingerprint density at radius 2 is 1.86 bits per heavy atom. The number of fused-ring (bicyclic) bond motifs is 1. The number of hydrogen-bond acceptors (Lipinski definition) is 3. The summed E-state index contributed by atoms with van der Waals surface area (Å²) in [6.07, 6.45) is 4.88. The van der Waals surface area contributed by atoms with E-state index in [1.165, 1.54) is 6.07 Å². The number of rotatable bonds is 4. The summed E-state index contributed by atoms with van der Waals surface area (Å²) in [4.78, 5) is 16.7. The number of carbonyl (C=O) groups excluding carboxylic acids is 1. The second-order valence-corrected chi connectivity index (χ2v) is 7.99. The Morgan fingerprint density at radius 3 is 2.62 bits per heavy atom. The van der Waals surface area contributed by atoms with Crippen molar-refractivity contribution in [2.45, 2.75) is 37.8 Å². The number of benzene rings is 2. The molecule has 0 spiro atoms.